The molecular weight excluding hydrogens is 843 g/mol. The van der Waals surface area contributed by atoms with Crippen LogP contribution in [0.1, 0.15) is 92.4 Å². The summed E-state index contributed by atoms with van der Waals surface area (Å²) in [5.74, 6) is -2.50. The molecule has 0 aromatic rings. The summed E-state index contributed by atoms with van der Waals surface area (Å²) in [5, 5.41) is 50.9. The highest BCUT2D eigenvalue weighted by Gasteiger charge is 2.28. The minimum atomic E-state index is -1.03. The van der Waals surface area contributed by atoms with E-state index in [9.17, 15) is 49.2 Å². The molecule has 3 amide bonds. The van der Waals surface area contributed by atoms with E-state index in [1.54, 1.807) is 14.7 Å². The van der Waals surface area contributed by atoms with E-state index in [0.29, 0.717) is 90.2 Å². The predicted octanol–water partition coefficient (Wildman–Crippen LogP) is 0.0417. The van der Waals surface area contributed by atoms with Gasteiger partial charge in [0, 0.05) is 96.6 Å². The molecule has 0 bridgehead atoms. The average molecular weight is 928 g/mol. The zero-order valence-corrected chi connectivity index (χ0v) is 40.6. The van der Waals surface area contributed by atoms with Crippen molar-refractivity contribution >= 4 is 35.6 Å². The van der Waals surface area contributed by atoms with Crippen LogP contribution in [0, 0.1) is 11.8 Å². The fourth-order valence-electron chi connectivity index (χ4n) is 8.54. The summed E-state index contributed by atoms with van der Waals surface area (Å²) < 4.78 is 6.19. The van der Waals surface area contributed by atoms with Gasteiger partial charge in [-0.15, -0.1) is 0 Å². The molecule has 1 aliphatic heterocycles. The second kappa shape index (κ2) is 30.0. The van der Waals surface area contributed by atoms with E-state index in [4.69, 9.17) is 4.74 Å². The number of aliphatic hydroxyl groups excluding tert-OH is 1. The second-order valence-corrected chi connectivity index (χ2v) is 19.6. The number of aliphatic carboxylic acids is 3. The summed E-state index contributed by atoms with van der Waals surface area (Å²) in [7, 11) is 3.75. The summed E-state index contributed by atoms with van der Waals surface area (Å²) in [6.45, 7) is 13.3. The molecule has 8 N–H and O–H groups in total. The first-order valence-electron chi connectivity index (χ1n) is 23.6. The van der Waals surface area contributed by atoms with Gasteiger partial charge in [0.15, 0.2) is 0 Å². The monoisotopic (exact) mass is 928 g/mol. The lowest BCUT2D eigenvalue weighted by atomic mass is 9.87. The number of aliphatic hydroxyl groups is 1. The average Bonchev–Trinajstić information content (AvgIpc) is 3.43. The molecule has 376 valence electrons. The number of carbonyl (C=O) groups excluding carboxylic acids is 3. The number of ether oxygens (including phenoxy) is 1. The minimum absolute atomic E-state index is 0.00630. The molecular formula is C45H85N9O11. The molecule has 2 rings (SSSR count). The van der Waals surface area contributed by atoms with Crippen molar-refractivity contribution in [2.75, 3.05) is 125 Å². The molecule has 0 aromatic carbocycles. The summed E-state index contributed by atoms with van der Waals surface area (Å²) >= 11 is 0. The van der Waals surface area contributed by atoms with Crippen molar-refractivity contribution < 1.29 is 53.9 Å². The highest BCUT2D eigenvalue weighted by molar-refractivity contribution is 5.79. The molecule has 20 heteroatoms. The zero-order chi connectivity index (χ0) is 48.6. The van der Waals surface area contributed by atoms with Crippen LogP contribution in [-0.4, -0.2) is 229 Å². The van der Waals surface area contributed by atoms with Gasteiger partial charge in [-0.1, -0.05) is 19.3 Å². The van der Waals surface area contributed by atoms with E-state index < -0.39 is 35.2 Å². The number of carboxylic acids is 3. The molecule has 1 saturated heterocycles. The van der Waals surface area contributed by atoms with Crippen molar-refractivity contribution in [1.29, 1.82) is 0 Å². The van der Waals surface area contributed by atoms with Gasteiger partial charge >= 0.3 is 17.9 Å². The van der Waals surface area contributed by atoms with Gasteiger partial charge < -0.3 is 46.4 Å². The molecule has 2 fully saturated rings. The van der Waals surface area contributed by atoms with Crippen molar-refractivity contribution in [1.82, 2.24) is 45.8 Å². The first-order chi connectivity index (χ1) is 30.5. The third-order valence-electron chi connectivity index (χ3n) is 12.5. The van der Waals surface area contributed by atoms with Crippen LogP contribution in [0.15, 0.2) is 0 Å². The Bertz CT molecular complexity index is 1440. The normalized spacial score (nSPS) is 20.4. The number of nitrogens with one attached hydrogen (secondary N) is 4. The maximum absolute atomic E-state index is 13.4. The van der Waals surface area contributed by atoms with Gasteiger partial charge in [-0.2, -0.15) is 0 Å². The zero-order valence-electron chi connectivity index (χ0n) is 40.6. The number of nitrogens with zero attached hydrogens (tertiary/aromatic N) is 5. The third kappa shape index (κ3) is 27.0. The Balaban J connectivity index is 1.76. The van der Waals surface area contributed by atoms with E-state index in [1.807, 2.05) is 58.5 Å². The lowest BCUT2D eigenvalue weighted by Crippen LogP contribution is -2.52. The molecule has 1 aliphatic carbocycles. The van der Waals surface area contributed by atoms with Crippen molar-refractivity contribution in [3.63, 3.8) is 0 Å². The Morgan fingerprint density at radius 2 is 1.20 bits per heavy atom. The van der Waals surface area contributed by atoms with E-state index in [-0.39, 0.29) is 76.0 Å². The first-order valence-corrected chi connectivity index (χ1v) is 23.6. The molecule has 65 heavy (non-hydrogen) atoms. The molecule has 1 heterocycles. The number of carboxylic acid groups (broad SMARTS) is 3. The van der Waals surface area contributed by atoms with Gasteiger partial charge in [0.2, 0.25) is 17.7 Å². The van der Waals surface area contributed by atoms with Gasteiger partial charge in [-0.3, -0.25) is 53.3 Å². The quantitative estimate of drug-likeness (QED) is 0.0506. The fourth-order valence-corrected chi connectivity index (χ4v) is 8.54. The maximum Gasteiger partial charge on any atom is 0.317 e. The molecule has 0 spiro atoms. The van der Waals surface area contributed by atoms with Crippen LogP contribution in [0.5, 0.6) is 0 Å². The van der Waals surface area contributed by atoms with Crippen LogP contribution >= 0.6 is 0 Å². The fraction of sp³-hybridized carbons (Fsp3) is 0.867. The smallest absolute Gasteiger partial charge is 0.317 e. The number of hydrogen-bond donors (Lipinski definition) is 8. The Morgan fingerprint density at radius 1 is 0.708 bits per heavy atom. The Morgan fingerprint density at radius 3 is 1.68 bits per heavy atom. The van der Waals surface area contributed by atoms with Crippen LogP contribution in [0.4, 0.5) is 0 Å². The second-order valence-electron chi connectivity index (χ2n) is 19.6. The molecule has 0 radical (unpaired) electrons. The van der Waals surface area contributed by atoms with Crippen LogP contribution in [0.3, 0.4) is 0 Å². The third-order valence-corrected chi connectivity index (χ3v) is 12.5. The van der Waals surface area contributed by atoms with Crippen molar-refractivity contribution in [3.8, 4) is 0 Å². The number of rotatable bonds is 27. The maximum atomic E-state index is 13.4. The summed E-state index contributed by atoms with van der Waals surface area (Å²) in [6.07, 6.45) is 7.39. The number of carbonyl (C=O) groups is 6. The topological polar surface area (TPSA) is 257 Å². The van der Waals surface area contributed by atoms with Crippen LogP contribution in [-0.2, 0) is 33.5 Å². The first kappa shape index (κ1) is 57.6. The van der Waals surface area contributed by atoms with Crippen molar-refractivity contribution in [2.45, 2.75) is 116 Å². The van der Waals surface area contributed by atoms with Gasteiger partial charge in [0.05, 0.1) is 44.4 Å². The molecule has 4 atom stereocenters. The molecule has 20 nitrogen and oxygen atoms in total. The Labute approximate surface area is 387 Å². The van der Waals surface area contributed by atoms with Crippen LogP contribution in [0.25, 0.3) is 0 Å². The van der Waals surface area contributed by atoms with E-state index in [1.165, 1.54) is 6.42 Å². The van der Waals surface area contributed by atoms with Crippen molar-refractivity contribution in [3.05, 3.63) is 0 Å². The summed E-state index contributed by atoms with van der Waals surface area (Å²) in [6, 6.07) is 0.0767. The molecule has 0 aromatic heterocycles. The lowest BCUT2D eigenvalue weighted by molar-refractivity contribution is -0.140. The SMILES string of the molecule is CN[C@H](CC1CCCCC(CNC(=O)CN(C)CCNC(=O)CCC(C)(C)OCCC(C)(C)NC(=O)CN2CCN(CC(=O)O)CCN(CC(=O)O)CCN(CC(=O)O)CC2)C1)C(C)O. The number of hydrogen-bond acceptors (Lipinski definition) is 14. The molecule has 3 unspecified atom stereocenters. The van der Waals surface area contributed by atoms with Gasteiger partial charge in [-0.05, 0) is 92.7 Å². The Hall–Kier alpha value is -3.50. The van der Waals surface area contributed by atoms with Crippen LogP contribution < -0.4 is 21.3 Å². The van der Waals surface area contributed by atoms with Gasteiger partial charge in [-0.25, -0.2) is 0 Å². The molecule has 2 aliphatic rings. The Kier molecular flexibility index (Phi) is 26.6. The largest absolute Gasteiger partial charge is 0.480 e. The molecule has 1 saturated carbocycles. The van der Waals surface area contributed by atoms with E-state index in [2.05, 4.69) is 21.3 Å². The predicted molar refractivity (Wildman–Crippen MR) is 247 cm³/mol. The standard InChI is InChI=1S/C45H85N9O11/c1-34(55)37(46-6)27-35-10-8-9-11-36(26-35)28-48-39(57)29-50(7)16-15-47-38(56)12-13-45(4,5)65-25-14-44(2,3)49-40(58)30-51-17-19-52(31-41(59)60)21-23-54(33-43(63)64)24-22-53(20-18-51)32-42(61)62/h34-37,46,55H,8-33H2,1-7H3,(H,47,56)(H,48,57)(H,49,58)(H,59,60)(H,61,62)(H,63,64)/t34?,35?,36?,37-/m1/s1. The lowest BCUT2D eigenvalue weighted by Gasteiger charge is -2.34. The highest BCUT2D eigenvalue weighted by atomic mass is 16.5. The number of likely N-dealkylation sites (N-methyl/N-ethyl adjacent to an activating group) is 2. The summed E-state index contributed by atoms with van der Waals surface area (Å²) in [4.78, 5) is 82.5. The summed E-state index contributed by atoms with van der Waals surface area (Å²) in [5.41, 5.74) is -1.25. The minimum Gasteiger partial charge on any atom is -0.480 e. The highest BCUT2D eigenvalue weighted by Crippen LogP contribution is 2.31. The van der Waals surface area contributed by atoms with Gasteiger partial charge in [0.25, 0.3) is 0 Å². The van der Waals surface area contributed by atoms with Crippen LogP contribution in [0.2, 0.25) is 0 Å². The number of amides is 3. The van der Waals surface area contributed by atoms with E-state index in [0.717, 1.165) is 32.1 Å². The van der Waals surface area contributed by atoms with E-state index >= 15 is 0 Å². The van der Waals surface area contributed by atoms with Crippen molar-refractivity contribution in [2.24, 2.45) is 11.8 Å². The van der Waals surface area contributed by atoms with Gasteiger partial charge in [0.1, 0.15) is 0 Å².